The lowest BCUT2D eigenvalue weighted by atomic mass is 10.3. The Morgan fingerprint density at radius 2 is 2.24 bits per heavy atom. The zero-order chi connectivity index (χ0) is 12.4. The summed E-state index contributed by atoms with van der Waals surface area (Å²) in [5, 5.41) is 8.91. The third-order valence-corrected chi connectivity index (χ3v) is 2.84. The summed E-state index contributed by atoms with van der Waals surface area (Å²) >= 11 is 0. The maximum atomic E-state index is 8.91. The van der Waals surface area contributed by atoms with Crippen molar-refractivity contribution in [2.24, 2.45) is 0 Å². The van der Waals surface area contributed by atoms with Gasteiger partial charge < -0.3 is 15.2 Å². The molecule has 2 rings (SSSR count). The molecule has 0 saturated carbocycles. The molecule has 0 bridgehead atoms. The Kier molecular flexibility index (Phi) is 3.31. The van der Waals surface area contributed by atoms with Crippen LogP contribution < -0.4 is 5.73 Å². The van der Waals surface area contributed by atoms with Gasteiger partial charge in [0.1, 0.15) is 5.65 Å². The summed E-state index contributed by atoms with van der Waals surface area (Å²) in [4.78, 5) is 6.54. The minimum Gasteiger partial charge on any atom is -0.398 e. The average Bonchev–Trinajstić information content (AvgIpc) is 2.56. The van der Waals surface area contributed by atoms with Crippen molar-refractivity contribution in [3.05, 3.63) is 29.7 Å². The first kappa shape index (κ1) is 11.9. The highest BCUT2D eigenvalue weighted by Gasteiger charge is 2.10. The summed E-state index contributed by atoms with van der Waals surface area (Å²) in [7, 11) is 1.97. The van der Waals surface area contributed by atoms with Gasteiger partial charge in [-0.25, -0.2) is 4.98 Å². The molecule has 0 spiro atoms. The number of hydrogen-bond donors (Lipinski definition) is 2. The van der Waals surface area contributed by atoms with Crippen LogP contribution in [0.1, 0.15) is 11.4 Å². The second-order valence-corrected chi connectivity index (χ2v) is 4.30. The molecule has 5 nitrogen and oxygen atoms in total. The second kappa shape index (κ2) is 4.73. The lowest BCUT2D eigenvalue weighted by Crippen LogP contribution is -2.22. The number of aliphatic hydroxyl groups excluding tert-OH is 1. The van der Waals surface area contributed by atoms with Gasteiger partial charge in [0.05, 0.1) is 18.0 Å². The van der Waals surface area contributed by atoms with Crippen LogP contribution in [0.3, 0.4) is 0 Å². The quantitative estimate of drug-likeness (QED) is 0.815. The molecule has 0 atom stereocenters. The third kappa shape index (κ3) is 2.40. The van der Waals surface area contributed by atoms with Crippen molar-refractivity contribution in [2.45, 2.75) is 13.5 Å². The molecular weight excluding hydrogens is 216 g/mol. The predicted molar refractivity (Wildman–Crippen MR) is 67.8 cm³/mol. The number of aryl methyl sites for hydroxylation is 1. The summed E-state index contributed by atoms with van der Waals surface area (Å²) < 4.78 is 2.01. The molecule has 2 heterocycles. The summed E-state index contributed by atoms with van der Waals surface area (Å²) in [5.74, 6) is 0. The Labute approximate surface area is 100 Å². The van der Waals surface area contributed by atoms with Gasteiger partial charge in [0.2, 0.25) is 0 Å². The van der Waals surface area contributed by atoms with Gasteiger partial charge in [-0.15, -0.1) is 0 Å². The molecular formula is C12H18N4O. The van der Waals surface area contributed by atoms with Crippen LogP contribution in [0.5, 0.6) is 0 Å². The normalized spacial score (nSPS) is 11.5. The van der Waals surface area contributed by atoms with Crippen molar-refractivity contribution in [2.75, 3.05) is 25.9 Å². The first-order chi connectivity index (χ1) is 8.11. The minimum atomic E-state index is 0.161. The van der Waals surface area contributed by atoms with E-state index < -0.39 is 0 Å². The molecule has 17 heavy (non-hydrogen) atoms. The van der Waals surface area contributed by atoms with Gasteiger partial charge in [-0.3, -0.25) is 4.90 Å². The molecule has 0 aromatic carbocycles. The second-order valence-electron chi connectivity index (χ2n) is 4.30. The molecule has 0 aliphatic carbocycles. The molecule has 92 valence electrons. The molecule has 0 aliphatic heterocycles. The predicted octanol–water partition coefficient (Wildman–Crippen LogP) is 0.649. The Hall–Kier alpha value is -1.59. The molecule has 0 radical (unpaired) electrons. The van der Waals surface area contributed by atoms with Crippen LogP contribution in [0.25, 0.3) is 5.65 Å². The van der Waals surface area contributed by atoms with Crippen LogP contribution in [0.2, 0.25) is 0 Å². The van der Waals surface area contributed by atoms with E-state index in [1.54, 1.807) is 0 Å². The largest absolute Gasteiger partial charge is 0.398 e. The van der Waals surface area contributed by atoms with E-state index in [4.69, 9.17) is 10.8 Å². The van der Waals surface area contributed by atoms with Crippen molar-refractivity contribution in [3.8, 4) is 0 Å². The first-order valence-corrected chi connectivity index (χ1v) is 5.64. The smallest absolute Gasteiger partial charge is 0.137 e. The van der Waals surface area contributed by atoms with E-state index in [9.17, 15) is 0 Å². The highest BCUT2D eigenvalue weighted by Crippen LogP contribution is 2.15. The van der Waals surface area contributed by atoms with Gasteiger partial charge in [-0.2, -0.15) is 0 Å². The number of nitrogens with two attached hydrogens (primary N) is 1. The van der Waals surface area contributed by atoms with Gasteiger partial charge in [-0.05, 0) is 26.1 Å². The number of aliphatic hydroxyl groups is 1. The third-order valence-electron chi connectivity index (χ3n) is 2.84. The van der Waals surface area contributed by atoms with Crippen LogP contribution in [0.4, 0.5) is 5.69 Å². The zero-order valence-corrected chi connectivity index (χ0v) is 10.2. The lowest BCUT2D eigenvalue weighted by Gasteiger charge is -2.15. The van der Waals surface area contributed by atoms with Crippen LogP contribution in [-0.2, 0) is 6.54 Å². The minimum absolute atomic E-state index is 0.161. The molecule has 0 saturated heterocycles. The number of likely N-dealkylation sites (N-methyl/N-ethyl adjacent to an activating group) is 1. The highest BCUT2D eigenvalue weighted by molar-refractivity contribution is 5.50. The molecule has 3 N–H and O–H groups in total. The number of hydrogen-bond acceptors (Lipinski definition) is 4. The van der Waals surface area contributed by atoms with Crippen molar-refractivity contribution >= 4 is 11.3 Å². The maximum Gasteiger partial charge on any atom is 0.137 e. The number of nitrogen functional groups attached to an aromatic ring is 1. The molecule has 0 aliphatic rings. The first-order valence-electron chi connectivity index (χ1n) is 5.64. The highest BCUT2D eigenvalue weighted by atomic mass is 16.3. The average molecular weight is 234 g/mol. The SMILES string of the molecule is Cc1nc2ccc(N)cn2c1CN(C)CCO. The van der Waals surface area contributed by atoms with Gasteiger partial charge in [-0.1, -0.05) is 0 Å². The molecule has 0 fully saturated rings. The summed E-state index contributed by atoms with van der Waals surface area (Å²) in [6, 6.07) is 3.76. The van der Waals surface area contributed by atoms with E-state index in [1.165, 1.54) is 0 Å². The lowest BCUT2D eigenvalue weighted by molar-refractivity contribution is 0.215. The number of rotatable bonds is 4. The summed E-state index contributed by atoms with van der Waals surface area (Å²) in [6.07, 6.45) is 1.89. The van der Waals surface area contributed by atoms with E-state index in [2.05, 4.69) is 9.88 Å². The monoisotopic (exact) mass is 234 g/mol. The van der Waals surface area contributed by atoms with Gasteiger partial charge in [0.15, 0.2) is 0 Å². The van der Waals surface area contributed by atoms with Crippen LogP contribution in [0.15, 0.2) is 18.3 Å². The van der Waals surface area contributed by atoms with E-state index in [0.29, 0.717) is 6.54 Å². The molecule has 2 aromatic rings. The topological polar surface area (TPSA) is 66.8 Å². The van der Waals surface area contributed by atoms with E-state index in [0.717, 1.165) is 29.3 Å². The number of imidazole rings is 1. The van der Waals surface area contributed by atoms with Crippen LogP contribution >= 0.6 is 0 Å². The number of aromatic nitrogens is 2. The fraction of sp³-hybridized carbons (Fsp3) is 0.417. The maximum absolute atomic E-state index is 8.91. The van der Waals surface area contributed by atoms with E-state index in [1.807, 2.05) is 36.7 Å². The van der Waals surface area contributed by atoms with Crippen LogP contribution in [-0.4, -0.2) is 39.6 Å². The number of nitrogens with zero attached hydrogens (tertiary/aromatic N) is 3. The van der Waals surface area contributed by atoms with E-state index in [-0.39, 0.29) is 6.61 Å². The Balaban J connectivity index is 2.38. The number of fused-ring (bicyclic) bond motifs is 1. The van der Waals surface area contributed by atoms with Crippen molar-refractivity contribution in [1.82, 2.24) is 14.3 Å². The zero-order valence-electron chi connectivity index (χ0n) is 10.2. The van der Waals surface area contributed by atoms with Crippen molar-refractivity contribution < 1.29 is 5.11 Å². The Morgan fingerprint density at radius 1 is 1.47 bits per heavy atom. The Morgan fingerprint density at radius 3 is 2.94 bits per heavy atom. The Bertz CT molecular complexity index is 520. The van der Waals surface area contributed by atoms with Gasteiger partial charge in [0.25, 0.3) is 0 Å². The summed E-state index contributed by atoms with van der Waals surface area (Å²) in [5.41, 5.74) is 9.53. The van der Waals surface area contributed by atoms with Gasteiger partial charge >= 0.3 is 0 Å². The number of anilines is 1. The van der Waals surface area contributed by atoms with Crippen molar-refractivity contribution in [3.63, 3.8) is 0 Å². The van der Waals surface area contributed by atoms with Gasteiger partial charge in [0, 0.05) is 25.0 Å². The fourth-order valence-corrected chi connectivity index (χ4v) is 1.92. The molecule has 0 amide bonds. The molecule has 0 unspecified atom stereocenters. The van der Waals surface area contributed by atoms with E-state index >= 15 is 0 Å². The summed E-state index contributed by atoms with van der Waals surface area (Å²) in [6.45, 7) is 3.55. The fourth-order valence-electron chi connectivity index (χ4n) is 1.92. The number of pyridine rings is 1. The molecule has 2 aromatic heterocycles. The van der Waals surface area contributed by atoms with Crippen LogP contribution in [0, 0.1) is 6.92 Å². The standard InChI is InChI=1S/C12H18N4O/c1-9-11(8-15(2)5-6-17)16-7-10(13)3-4-12(16)14-9/h3-4,7,17H,5-6,8,13H2,1-2H3. The van der Waals surface area contributed by atoms with Crippen molar-refractivity contribution in [1.29, 1.82) is 0 Å². The molecule has 5 heteroatoms.